The maximum Gasteiger partial charge on any atom is -0.0190 e. The van der Waals surface area contributed by atoms with Crippen molar-refractivity contribution in [2.45, 2.75) is 26.2 Å². The predicted octanol–water partition coefficient (Wildman–Crippen LogP) is 4.95. The summed E-state index contributed by atoms with van der Waals surface area (Å²) in [5.74, 6) is 0. The Hall–Kier alpha value is -1.82. The molecule has 0 N–H and O–H groups in total. The summed E-state index contributed by atoms with van der Waals surface area (Å²) in [6.45, 7) is 2.26. The first-order valence-corrected chi connectivity index (χ1v) is 6.70. The van der Waals surface area contributed by atoms with Crippen molar-refractivity contribution in [2.75, 3.05) is 0 Å². The second-order valence-corrected chi connectivity index (χ2v) is 4.98. The average Bonchev–Trinajstić information content (AvgIpc) is 2.47. The standard InChI is InChI=1S/C18H18/c1-14(15-8-3-2-4-9-15)17-13-7-11-16-10-5-6-12-18(16)17/h2-6,8-10,12H,7,11,13H2,1H3/b17-14+. The van der Waals surface area contributed by atoms with Gasteiger partial charge in [-0.3, -0.25) is 0 Å². The Bertz CT molecular complexity index is 576. The lowest BCUT2D eigenvalue weighted by atomic mass is 9.83. The van der Waals surface area contributed by atoms with Gasteiger partial charge >= 0.3 is 0 Å². The van der Waals surface area contributed by atoms with E-state index in [1.165, 1.54) is 47.1 Å². The highest BCUT2D eigenvalue weighted by Gasteiger charge is 2.15. The molecular formula is C18H18. The quantitative estimate of drug-likeness (QED) is 0.654. The smallest absolute Gasteiger partial charge is 0.0190 e. The first kappa shape index (κ1) is 11.3. The monoisotopic (exact) mass is 234 g/mol. The lowest BCUT2D eigenvalue weighted by Crippen LogP contribution is -2.02. The second kappa shape index (κ2) is 4.81. The zero-order valence-corrected chi connectivity index (χ0v) is 10.8. The van der Waals surface area contributed by atoms with E-state index >= 15 is 0 Å². The second-order valence-electron chi connectivity index (χ2n) is 4.98. The SMILES string of the molecule is C/C(=C1/CCCc2ccccc21)c1ccccc1. The van der Waals surface area contributed by atoms with E-state index in [4.69, 9.17) is 0 Å². The Kier molecular flexibility index (Phi) is 3.02. The number of fused-ring (bicyclic) bond motifs is 1. The average molecular weight is 234 g/mol. The van der Waals surface area contributed by atoms with Crippen LogP contribution in [0.1, 0.15) is 36.5 Å². The molecule has 0 atom stereocenters. The molecule has 1 aliphatic rings. The summed E-state index contributed by atoms with van der Waals surface area (Å²) in [7, 11) is 0. The molecule has 0 fully saturated rings. The molecule has 0 spiro atoms. The lowest BCUT2D eigenvalue weighted by Gasteiger charge is -2.21. The Morgan fingerprint density at radius 1 is 0.833 bits per heavy atom. The van der Waals surface area contributed by atoms with Crippen molar-refractivity contribution in [2.24, 2.45) is 0 Å². The number of rotatable bonds is 1. The zero-order valence-electron chi connectivity index (χ0n) is 10.8. The van der Waals surface area contributed by atoms with Crippen molar-refractivity contribution >= 4 is 11.1 Å². The van der Waals surface area contributed by atoms with E-state index in [0.29, 0.717) is 0 Å². The Morgan fingerprint density at radius 3 is 2.39 bits per heavy atom. The summed E-state index contributed by atoms with van der Waals surface area (Å²) in [5, 5.41) is 0. The molecule has 0 saturated carbocycles. The van der Waals surface area contributed by atoms with Gasteiger partial charge in [0.15, 0.2) is 0 Å². The number of hydrogen-bond donors (Lipinski definition) is 0. The Balaban J connectivity index is 2.13. The molecule has 0 bridgehead atoms. The molecule has 0 saturated heterocycles. The van der Waals surface area contributed by atoms with Crippen LogP contribution in [0.15, 0.2) is 54.6 Å². The summed E-state index contributed by atoms with van der Waals surface area (Å²) in [5.41, 5.74) is 7.29. The van der Waals surface area contributed by atoms with Gasteiger partial charge in [0.05, 0.1) is 0 Å². The molecule has 0 radical (unpaired) electrons. The van der Waals surface area contributed by atoms with Crippen LogP contribution in [0.5, 0.6) is 0 Å². The van der Waals surface area contributed by atoms with Gasteiger partial charge < -0.3 is 0 Å². The highest BCUT2D eigenvalue weighted by Crippen LogP contribution is 2.35. The predicted molar refractivity (Wildman–Crippen MR) is 78.3 cm³/mol. The highest BCUT2D eigenvalue weighted by molar-refractivity contribution is 5.91. The van der Waals surface area contributed by atoms with Crippen LogP contribution in [0, 0.1) is 0 Å². The van der Waals surface area contributed by atoms with Gasteiger partial charge in [-0.05, 0) is 54.0 Å². The van der Waals surface area contributed by atoms with Crippen LogP contribution < -0.4 is 0 Å². The van der Waals surface area contributed by atoms with Crippen LogP contribution in [0.4, 0.5) is 0 Å². The first-order chi connectivity index (χ1) is 8.86. The third-order valence-corrected chi connectivity index (χ3v) is 3.87. The summed E-state index contributed by atoms with van der Waals surface area (Å²) in [6, 6.07) is 19.6. The maximum absolute atomic E-state index is 2.27. The van der Waals surface area contributed by atoms with Gasteiger partial charge in [0.1, 0.15) is 0 Å². The van der Waals surface area contributed by atoms with Gasteiger partial charge in [-0.15, -0.1) is 0 Å². The third-order valence-electron chi connectivity index (χ3n) is 3.87. The summed E-state index contributed by atoms with van der Waals surface area (Å²) in [4.78, 5) is 0. The van der Waals surface area contributed by atoms with Crippen LogP contribution in [0.25, 0.3) is 11.1 Å². The van der Waals surface area contributed by atoms with Crippen molar-refractivity contribution < 1.29 is 0 Å². The van der Waals surface area contributed by atoms with Crippen molar-refractivity contribution in [1.82, 2.24) is 0 Å². The highest BCUT2D eigenvalue weighted by atomic mass is 14.2. The van der Waals surface area contributed by atoms with Gasteiger partial charge in [0.25, 0.3) is 0 Å². The van der Waals surface area contributed by atoms with Gasteiger partial charge in [0.2, 0.25) is 0 Å². The van der Waals surface area contributed by atoms with Crippen molar-refractivity contribution in [3.05, 3.63) is 71.3 Å². The van der Waals surface area contributed by atoms with Crippen LogP contribution in [0.2, 0.25) is 0 Å². The van der Waals surface area contributed by atoms with E-state index in [1.54, 1.807) is 0 Å². The molecule has 1 aliphatic carbocycles. The summed E-state index contributed by atoms with van der Waals surface area (Å²) in [6.07, 6.45) is 3.70. The minimum absolute atomic E-state index is 1.21. The molecule has 0 heterocycles. The molecule has 2 aromatic carbocycles. The fraction of sp³-hybridized carbons (Fsp3) is 0.222. The number of aryl methyl sites for hydroxylation is 1. The van der Waals surface area contributed by atoms with Gasteiger partial charge in [-0.25, -0.2) is 0 Å². The van der Waals surface area contributed by atoms with E-state index in [-0.39, 0.29) is 0 Å². The van der Waals surface area contributed by atoms with Crippen molar-refractivity contribution in [1.29, 1.82) is 0 Å². The van der Waals surface area contributed by atoms with Crippen molar-refractivity contribution in [3.63, 3.8) is 0 Å². The zero-order chi connectivity index (χ0) is 12.4. The minimum atomic E-state index is 1.21. The normalized spacial score (nSPS) is 17.2. The Labute approximate surface area is 109 Å². The van der Waals surface area contributed by atoms with Crippen LogP contribution in [-0.2, 0) is 6.42 Å². The van der Waals surface area contributed by atoms with Gasteiger partial charge in [0, 0.05) is 0 Å². The molecule has 0 heteroatoms. The number of hydrogen-bond acceptors (Lipinski definition) is 0. The van der Waals surface area contributed by atoms with Crippen LogP contribution in [0.3, 0.4) is 0 Å². The van der Waals surface area contributed by atoms with Crippen LogP contribution >= 0.6 is 0 Å². The maximum atomic E-state index is 2.27. The van der Waals surface area contributed by atoms with Gasteiger partial charge in [-0.2, -0.15) is 0 Å². The van der Waals surface area contributed by atoms with Crippen molar-refractivity contribution in [3.8, 4) is 0 Å². The fourth-order valence-corrected chi connectivity index (χ4v) is 2.87. The molecule has 0 amide bonds. The molecule has 0 aliphatic heterocycles. The molecule has 2 aromatic rings. The molecule has 18 heavy (non-hydrogen) atoms. The molecular weight excluding hydrogens is 216 g/mol. The molecule has 0 unspecified atom stereocenters. The topological polar surface area (TPSA) is 0 Å². The molecule has 3 rings (SSSR count). The first-order valence-electron chi connectivity index (χ1n) is 6.70. The largest absolute Gasteiger partial charge is 0.0622 e. The van der Waals surface area contributed by atoms with E-state index in [2.05, 4.69) is 61.5 Å². The van der Waals surface area contributed by atoms with E-state index in [0.717, 1.165) is 0 Å². The van der Waals surface area contributed by atoms with E-state index in [1.807, 2.05) is 0 Å². The number of benzene rings is 2. The summed E-state index contributed by atoms with van der Waals surface area (Å²) < 4.78 is 0. The third kappa shape index (κ3) is 1.99. The number of allylic oxidation sites excluding steroid dienone is 2. The lowest BCUT2D eigenvalue weighted by molar-refractivity contribution is 0.823. The fourth-order valence-electron chi connectivity index (χ4n) is 2.87. The molecule has 0 aromatic heterocycles. The van der Waals surface area contributed by atoms with E-state index in [9.17, 15) is 0 Å². The van der Waals surface area contributed by atoms with Gasteiger partial charge in [-0.1, -0.05) is 54.6 Å². The molecule has 90 valence electrons. The summed E-state index contributed by atoms with van der Waals surface area (Å²) >= 11 is 0. The minimum Gasteiger partial charge on any atom is -0.0622 e. The van der Waals surface area contributed by atoms with E-state index < -0.39 is 0 Å². The Morgan fingerprint density at radius 2 is 1.56 bits per heavy atom. The van der Waals surface area contributed by atoms with Crippen LogP contribution in [-0.4, -0.2) is 0 Å². The molecule has 0 nitrogen and oxygen atoms in total.